The molecule has 0 bridgehead atoms. The molecule has 4 atom stereocenters. The molecule has 0 radical (unpaired) electrons. The fourth-order valence-electron chi connectivity index (χ4n) is 6.41. The van der Waals surface area contributed by atoms with E-state index in [9.17, 15) is 23.1 Å². The van der Waals surface area contributed by atoms with Gasteiger partial charge >= 0.3 is 6.03 Å². The maximum Gasteiger partial charge on any atom is 0.319 e. The number of amides is 3. The summed E-state index contributed by atoms with van der Waals surface area (Å²) in [7, 11) is -2.44. The molecule has 1 aromatic carbocycles. The number of carbonyl (C=O) groups is 2. The van der Waals surface area contributed by atoms with Crippen molar-refractivity contribution in [3.63, 3.8) is 0 Å². The molecule has 1 saturated carbocycles. The van der Waals surface area contributed by atoms with Gasteiger partial charge in [-0.1, -0.05) is 31.3 Å². The van der Waals surface area contributed by atoms with Gasteiger partial charge in [-0.05, 0) is 78.0 Å². The van der Waals surface area contributed by atoms with E-state index in [1.165, 1.54) is 17.8 Å². The number of aromatic nitrogens is 1. The molecular formula is C34H53N5O8S. The minimum atomic E-state index is -3.94. The lowest BCUT2D eigenvalue weighted by Gasteiger charge is -2.35. The van der Waals surface area contributed by atoms with Crippen LogP contribution < -0.4 is 15.4 Å². The first-order valence-electron chi connectivity index (χ1n) is 17.1. The Labute approximate surface area is 284 Å². The fraction of sp³-hybridized carbons (Fsp3) is 0.676. The quantitative estimate of drug-likeness (QED) is 0.351. The van der Waals surface area contributed by atoms with Crippen molar-refractivity contribution in [2.45, 2.75) is 115 Å². The molecule has 48 heavy (non-hydrogen) atoms. The van der Waals surface area contributed by atoms with Gasteiger partial charge in [0.2, 0.25) is 10.0 Å². The molecule has 1 fully saturated rings. The Kier molecular flexibility index (Phi) is 13.3. The molecule has 0 saturated heterocycles. The number of hydrogen-bond donors (Lipinski definition) is 3. The van der Waals surface area contributed by atoms with Crippen LogP contribution in [0, 0.1) is 19.8 Å². The molecule has 2 aromatic rings. The van der Waals surface area contributed by atoms with Gasteiger partial charge in [0, 0.05) is 44.4 Å². The molecule has 268 valence electrons. The molecule has 1 aliphatic heterocycles. The summed E-state index contributed by atoms with van der Waals surface area (Å²) < 4.78 is 46.1. The van der Waals surface area contributed by atoms with Gasteiger partial charge in [-0.2, -0.15) is 4.31 Å². The second-order valence-electron chi connectivity index (χ2n) is 13.4. The number of hydrogen-bond acceptors (Lipinski definition) is 9. The average Bonchev–Trinajstić information content (AvgIpc) is 3.40. The number of carbonyl (C=O) groups excluding carboxylic acids is 2. The number of nitrogens with one attached hydrogen (secondary N) is 2. The third-order valence-electron chi connectivity index (χ3n) is 9.32. The zero-order chi connectivity index (χ0) is 35.0. The van der Waals surface area contributed by atoms with Crippen molar-refractivity contribution < 1.29 is 37.1 Å². The summed E-state index contributed by atoms with van der Waals surface area (Å²) in [6.07, 6.45) is 6.70. The standard InChI is InChI=1S/C34H53N5O8S/c1-22-19-39(23(2)21-40)33(41)29-18-28(36-34(42)35-27-13-8-7-9-14-27)15-16-30(29)46-24(3)12-10-11-17-45-31(22)20-38(6)48(43,44)32-25(4)37-47-26(32)5/h15-16,18,22-24,27,31,40H,7-14,17,19-21H2,1-6H3,(H2,35,36,42)/t22-,23+,24-,31-/m0/s1. The lowest BCUT2D eigenvalue weighted by atomic mass is 9.96. The highest BCUT2D eigenvalue weighted by molar-refractivity contribution is 7.89. The van der Waals surface area contributed by atoms with Gasteiger partial charge in [0.15, 0.2) is 5.76 Å². The number of aliphatic hydroxyl groups excluding tert-OH is 1. The topological polar surface area (TPSA) is 164 Å². The molecular weight excluding hydrogens is 638 g/mol. The number of aryl methyl sites for hydroxylation is 2. The molecule has 14 heteroatoms. The van der Waals surface area contributed by atoms with Gasteiger partial charge in [0.1, 0.15) is 16.3 Å². The Hall–Kier alpha value is -3.20. The lowest BCUT2D eigenvalue weighted by Crippen LogP contribution is -2.48. The smallest absolute Gasteiger partial charge is 0.319 e. The van der Waals surface area contributed by atoms with E-state index in [2.05, 4.69) is 15.8 Å². The van der Waals surface area contributed by atoms with Crippen molar-refractivity contribution in [3.05, 3.63) is 35.2 Å². The van der Waals surface area contributed by atoms with Crippen LogP contribution in [0.5, 0.6) is 5.75 Å². The number of ether oxygens (including phenoxy) is 2. The van der Waals surface area contributed by atoms with Gasteiger partial charge in [0.05, 0.1) is 30.4 Å². The van der Waals surface area contributed by atoms with Gasteiger partial charge in [-0.3, -0.25) is 4.79 Å². The van der Waals surface area contributed by atoms with Crippen LogP contribution in [-0.4, -0.2) is 97.5 Å². The van der Waals surface area contributed by atoms with Crippen LogP contribution in [-0.2, 0) is 14.8 Å². The molecule has 2 heterocycles. The second kappa shape index (κ2) is 17.0. The zero-order valence-corrected chi connectivity index (χ0v) is 30.0. The maximum atomic E-state index is 14.4. The van der Waals surface area contributed by atoms with Crippen molar-refractivity contribution >= 4 is 27.6 Å². The van der Waals surface area contributed by atoms with Crippen LogP contribution in [0.25, 0.3) is 0 Å². The van der Waals surface area contributed by atoms with Crippen molar-refractivity contribution in [2.75, 3.05) is 38.7 Å². The maximum absolute atomic E-state index is 14.4. The van der Waals surface area contributed by atoms with Crippen LogP contribution in [0.15, 0.2) is 27.6 Å². The van der Waals surface area contributed by atoms with E-state index in [1.807, 2.05) is 13.8 Å². The minimum absolute atomic E-state index is 0.0311. The highest BCUT2D eigenvalue weighted by atomic mass is 32.2. The van der Waals surface area contributed by atoms with E-state index in [0.29, 0.717) is 24.5 Å². The van der Waals surface area contributed by atoms with Gasteiger partial charge in [0.25, 0.3) is 5.91 Å². The van der Waals surface area contributed by atoms with Crippen molar-refractivity contribution in [1.29, 1.82) is 0 Å². The number of rotatable bonds is 8. The third kappa shape index (κ3) is 9.48. The second-order valence-corrected chi connectivity index (χ2v) is 15.4. The van der Waals surface area contributed by atoms with Crippen LogP contribution >= 0.6 is 0 Å². The van der Waals surface area contributed by atoms with Gasteiger partial charge < -0.3 is 34.6 Å². The van der Waals surface area contributed by atoms with Gasteiger partial charge in [-0.25, -0.2) is 13.2 Å². The Morgan fingerprint density at radius 2 is 1.83 bits per heavy atom. The number of likely N-dealkylation sites (N-methyl/N-ethyl adjacent to an activating group) is 1. The summed E-state index contributed by atoms with van der Waals surface area (Å²) in [6, 6.07) is 4.28. The van der Waals surface area contributed by atoms with E-state index in [0.717, 1.165) is 38.5 Å². The predicted octanol–water partition coefficient (Wildman–Crippen LogP) is 4.86. The highest BCUT2D eigenvalue weighted by Gasteiger charge is 2.34. The molecule has 4 rings (SSSR count). The number of urea groups is 1. The summed E-state index contributed by atoms with van der Waals surface area (Å²) >= 11 is 0. The first-order chi connectivity index (χ1) is 22.8. The highest BCUT2D eigenvalue weighted by Crippen LogP contribution is 2.29. The normalized spacial score (nSPS) is 22.8. The van der Waals surface area contributed by atoms with E-state index in [-0.39, 0.29) is 71.6 Å². The number of aliphatic hydroxyl groups is 1. The third-order valence-corrected chi connectivity index (χ3v) is 11.4. The molecule has 1 aliphatic carbocycles. The van der Waals surface area contributed by atoms with E-state index >= 15 is 0 Å². The minimum Gasteiger partial charge on any atom is -0.490 e. The van der Waals surface area contributed by atoms with Crippen molar-refractivity contribution in [3.8, 4) is 5.75 Å². The number of fused-ring (bicyclic) bond motifs is 1. The summed E-state index contributed by atoms with van der Waals surface area (Å²) in [5.41, 5.74) is 0.991. The Morgan fingerprint density at radius 3 is 2.50 bits per heavy atom. The van der Waals surface area contributed by atoms with Crippen molar-refractivity contribution in [1.82, 2.24) is 19.7 Å². The lowest BCUT2D eigenvalue weighted by molar-refractivity contribution is -0.00835. The van der Waals surface area contributed by atoms with E-state index in [4.69, 9.17) is 14.0 Å². The SMILES string of the molecule is Cc1noc(C)c1S(=O)(=O)N(C)C[C@@H]1OCCCC[C@H](C)Oc2ccc(NC(=O)NC3CCCCC3)cc2C(=O)N([C@H](C)CO)C[C@@H]1C. The molecule has 2 aliphatic rings. The molecule has 3 amide bonds. The summed E-state index contributed by atoms with van der Waals surface area (Å²) in [5, 5.41) is 20.0. The van der Waals surface area contributed by atoms with E-state index < -0.39 is 22.2 Å². The number of nitrogens with zero attached hydrogens (tertiary/aromatic N) is 3. The van der Waals surface area contributed by atoms with Crippen molar-refractivity contribution in [2.24, 2.45) is 5.92 Å². The molecule has 3 N–H and O–H groups in total. The Bertz CT molecular complexity index is 1470. The monoisotopic (exact) mass is 691 g/mol. The Morgan fingerprint density at radius 1 is 1.12 bits per heavy atom. The van der Waals surface area contributed by atoms with Crippen LogP contribution in [0.1, 0.15) is 93.9 Å². The summed E-state index contributed by atoms with van der Waals surface area (Å²) in [5.74, 6) is -0.111. The fourth-order valence-corrected chi connectivity index (χ4v) is 7.88. The Balaban J connectivity index is 1.61. The predicted molar refractivity (Wildman–Crippen MR) is 182 cm³/mol. The summed E-state index contributed by atoms with van der Waals surface area (Å²) in [6.45, 7) is 9.06. The molecule has 0 spiro atoms. The molecule has 0 unspecified atom stereocenters. The van der Waals surface area contributed by atoms with Crippen LogP contribution in [0.2, 0.25) is 0 Å². The van der Waals surface area contributed by atoms with Crippen LogP contribution in [0.3, 0.4) is 0 Å². The van der Waals surface area contributed by atoms with E-state index in [1.54, 1.807) is 43.9 Å². The molecule has 13 nitrogen and oxygen atoms in total. The zero-order valence-electron chi connectivity index (χ0n) is 29.2. The number of benzene rings is 1. The summed E-state index contributed by atoms with van der Waals surface area (Å²) in [4.78, 5) is 28.9. The average molecular weight is 692 g/mol. The first kappa shape index (κ1) is 37.6. The largest absolute Gasteiger partial charge is 0.490 e. The number of sulfonamides is 1. The first-order valence-corrected chi connectivity index (χ1v) is 18.6. The molecule has 1 aromatic heterocycles. The van der Waals surface area contributed by atoms with Gasteiger partial charge in [-0.15, -0.1) is 0 Å². The number of anilines is 1. The van der Waals surface area contributed by atoms with Crippen LogP contribution in [0.4, 0.5) is 10.5 Å².